The minimum atomic E-state index is 0.175. The molecule has 2 bridgehead atoms. The third-order valence-corrected chi connectivity index (χ3v) is 6.51. The number of benzene rings is 1. The van der Waals surface area contributed by atoms with Crippen LogP contribution in [-0.4, -0.2) is 61.2 Å². The largest absolute Gasteiger partial charge is 0.493 e. The van der Waals surface area contributed by atoms with Crippen molar-refractivity contribution in [3.8, 4) is 11.5 Å². The van der Waals surface area contributed by atoms with Crippen molar-refractivity contribution in [2.75, 3.05) is 51.0 Å². The molecule has 6 rings (SSSR count). The number of piperazine rings is 1. The second kappa shape index (κ2) is 7.76. The van der Waals surface area contributed by atoms with Crippen molar-refractivity contribution in [3.63, 3.8) is 0 Å². The molecule has 2 atom stereocenters. The molecule has 2 N–H and O–H groups in total. The number of nitrogens with zero attached hydrogens (tertiary/aromatic N) is 4. The molecule has 1 aromatic carbocycles. The van der Waals surface area contributed by atoms with Crippen LogP contribution in [0.2, 0.25) is 0 Å². The van der Waals surface area contributed by atoms with Crippen molar-refractivity contribution in [3.05, 3.63) is 35.9 Å². The zero-order valence-electron chi connectivity index (χ0n) is 17.9. The SMILES string of the molecule is COc1cc2nc(N3CCN(C(=O)C4=C[C@H]5C=C[C@H]4CC5)CC3)nc(N)c2cc1OC. The molecule has 8 nitrogen and oxygen atoms in total. The maximum atomic E-state index is 13.1. The van der Waals surface area contributed by atoms with Crippen molar-refractivity contribution in [2.24, 2.45) is 11.8 Å². The zero-order chi connectivity index (χ0) is 21.5. The van der Waals surface area contributed by atoms with E-state index in [4.69, 9.17) is 20.2 Å². The lowest BCUT2D eigenvalue weighted by atomic mass is 9.76. The van der Waals surface area contributed by atoms with Crippen LogP contribution in [0.1, 0.15) is 12.8 Å². The average molecular weight is 422 g/mol. The van der Waals surface area contributed by atoms with E-state index in [0.29, 0.717) is 60.9 Å². The van der Waals surface area contributed by atoms with Crippen LogP contribution in [0.5, 0.6) is 11.5 Å². The molecule has 1 aliphatic heterocycles. The Hall–Kier alpha value is -3.29. The molecule has 0 unspecified atom stereocenters. The molecule has 1 aromatic heterocycles. The maximum Gasteiger partial charge on any atom is 0.250 e. The summed E-state index contributed by atoms with van der Waals surface area (Å²) in [6.07, 6.45) is 8.83. The highest BCUT2D eigenvalue weighted by molar-refractivity contribution is 5.95. The third kappa shape index (κ3) is 3.45. The number of hydrogen-bond acceptors (Lipinski definition) is 7. The van der Waals surface area contributed by atoms with Crippen LogP contribution in [0.3, 0.4) is 0 Å². The Balaban J connectivity index is 1.33. The molecule has 4 aliphatic rings. The molecule has 1 saturated heterocycles. The fourth-order valence-corrected chi connectivity index (χ4v) is 4.72. The summed E-state index contributed by atoms with van der Waals surface area (Å²) in [6, 6.07) is 3.61. The van der Waals surface area contributed by atoms with Gasteiger partial charge >= 0.3 is 0 Å². The Morgan fingerprint density at radius 3 is 2.39 bits per heavy atom. The van der Waals surface area contributed by atoms with Crippen LogP contribution in [0.15, 0.2) is 35.9 Å². The minimum absolute atomic E-state index is 0.175. The van der Waals surface area contributed by atoms with Crippen molar-refractivity contribution in [1.82, 2.24) is 14.9 Å². The number of hydrogen-bond donors (Lipinski definition) is 1. The van der Waals surface area contributed by atoms with Gasteiger partial charge in [-0.2, -0.15) is 4.98 Å². The number of fused-ring (bicyclic) bond motifs is 2. The van der Waals surface area contributed by atoms with E-state index in [1.165, 1.54) is 0 Å². The molecule has 2 heterocycles. The molecule has 162 valence electrons. The molecule has 2 aromatic rings. The smallest absolute Gasteiger partial charge is 0.250 e. The van der Waals surface area contributed by atoms with Gasteiger partial charge in [-0.15, -0.1) is 0 Å². The Morgan fingerprint density at radius 1 is 1.03 bits per heavy atom. The van der Waals surface area contributed by atoms with Gasteiger partial charge in [-0.25, -0.2) is 4.98 Å². The van der Waals surface area contributed by atoms with Gasteiger partial charge in [-0.3, -0.25) is 4.79 Å². The lowest BCUT2D eigenvalue weighted by Gasteiger charge is -2.38. The van der Waals surface area contributed by atoms with Gasteiger partial charge in [0.2, 0.25) is 11.9 Å². The first-order chi connectivity index (χ1) is 15.1. The number of amides is 1. The van der Waals surface area contributed by atoms with Gasteiger partial charge in [-0.1, -0.05) is 18.2 Å². The van der Waals surface area contributed by atoms with Crippen molar-refractivity contribution in [1.29, 1.82) is 0 Å². The Labute approximate surface area is 181 Å². The Kier molecular flexibility index (Phi) is 4.92. The number of allylic oxidation sites excluding steroid dienone is 3. The van der Waals surface area contributed by atoms with E-state index >= 15 is 0 Å². The normalized spacial score (nSPS) is 22.6. The van der Waals surface area contributed by atoms with Gasteiger partial charge in [-0.05, 0) is 24.8 Å². The van der Waals surface area contributed by atoms with Gasteiger partial charge in [0.15, 0.2) is 11.5 Å². The van der Waals surface area contributed by atoms with E-state index in [0.717, 1.165) is 23.8 Å². The van der Waals surface area contributed by atoms with Crippen LogP contribution >= 0.6 is 0 Å². The molecule has 1 fully saturated rings. The van der Waals surface area contributed by atoms with Crippen molar-refractivity contribution >= 4 is 28.6 Å². The maximum absolute atomic E-state index is 13.1. The summed E-state index contributed by atoms with van der Waals surface area (Å²) < 4.78 is 10.8. The summed E-state index contributed by atoms with van der Waals surface area (Å²) in [7, 11) is 3.18. The molecule has 3 aliphatic carbocycles. The monoisotopic (exact) mass is 421 g/mol. The number of rotatable bonds is 4. The predicted octanol–water partition coefficient (Wildman–Crippen LogP) is 2.40. The first-order valence-electron chi connectivity index (χ1n) is 10.7. The van der Waals surface area contributed by atoms with Crippen molar-refractivity contribution < 1.29 is 14.3 Å². The highest BCUT2D eigenvalue weighted by atomic mass is 16.5. The predicted molar refractivity (Wildman–Crippen MR) is 119 cm³/mol. The first kappa shape index (κ1) is 19.7. The number of nitrogens with two attached hydrogens (primary N) is 1. The van der Waals surface area contributed by atoms with Crippen molar-refractivity contribution in [2.45, 2.75) is 12.8 Å². The first-order valence-corrected chi connectivity index (χ1v) is 10.7. The van der Waals surface area contributed by atoms with E-state index in [-0.39, 0.29) is 11.8 Å². The highest BCUT2D eigenvalue weighted by Crippen LogP contribution is 2.37. The van der Waals surface area contributed by atoms with E-state index < -0.39 is 0 Å². The second-order valence-corrected chi connectivity index (χ2v) is 8.27. The van der Waals surface area contributed by atoms with Gasteiger partial charge in [0.25, 0.3) is 0 Å². The van der Waals surface area contributed by atoms with E-state index in [2.05, 4.69) is 28.1 Å². The summed E-state index contributed by atoms with van der Waals surface area (Å²) in [6.45, 7) is 2.62. The number of aromatic nitrogens is 2. The number of nitrogen functional groups attached to an aromatic ring is 1. The Morgan fingerprint density at radius 2 is 1.77 bits per heavy atom. The van der Waals surface area contributed by atoms with E-state index in [1.54, 1.807) is 20.3 Å². The summed E-state index contributed by atoms with van der Waals surface area (Å²) in [5.74, 6) is 3.04. The lowest BCUT2D eigenvalue weighted by Crippen LogP contribution is -2.50. The van der Waals surface area contributed by atoms with Crippen LogP contribution in [0, 0.1) is 11.8 Å². The molecule has 8 heteroatoms. The van der Waals surface area contributed by atoms with Gasteiger partial charge in [0.1, 0.15) is 5.82 Å². The Bertz CT molecular complexity index is 1090. The average Bonchev–Trinajstić information content (AvgIpc) is 2.83. The fourth-order valence-electron chi connectivity index (χ4n) is 4.72. The third-order valence-electron chi connectivity index (χ3n) is 6.51. The number of carbonyl (C=O) groups is 1. The molecular formula is C23H27N5O3. The number of carbonyl (C=O) groups excluding carboxylic acids is 1. The molecule has 0 radical (unpaired) electrons. The van der Waals surface area contributed by atoms with Crippen LogP contribution in [-0.2, 0) is 4.79 Å². The molecule has 0 spiro atoms. The number of ether oxygens (including phenoxy) is 2. The quantitative estimate of drug-likeness (QED) is 0.758. The van der Waals surface area contributed by atoms with Gasteiger partial charge in [0, 0.05) is 49.1 Å². The zero-order valence-corrected chi connectivity index (χ0v) is 17.9. The highest BCUT2D eigenvalue weighted by Gasteiger charge is 2.32. The molecule has 31 heavy (non-hydrogen) atoms. The summed E-state index contributed by atoms with van der Waals surface area (Å²) >= 11 is 0. The van der Waals surface area contributed by atoms with E-state index in [9.17, 15) is 4.79 Å². The molecular weight excluding hydrogens is 394 g/mol. The van der Waals surface area contributed by atoms with Gasteiger partial charge in [0.05, 0.1) is 19.7 Å². The van der Waals surface area contributed by atoms with Crippen LogP contribution < -0.4 is 20.1 Å². The topological polar surface area (TPSA) is 93.8 Å². The number of anilines is 2. The standard InChI is InChI=1S/C23H27N5O3/c1-30-19-12-17-18(13-20(19)31-2)25-23(26-21(17)24)28-9-7-27(8-10-28)22(29)16-11-14-3-5-15(16)6-4-14/h3,5,11-15H,4,6-10H2,1-2H3,(H2,24,25,26)/t14-,15-/m0/s1. The van der Waals surface area contributed by atoms with Gasteiger partial charge < -0.3 is 25.0 Å². The number of methoxy groups -OCH3 is 2. The summed E-state index contributed by atoms with van der Waals surface area (Å²) in [5.41, 5.74) is 7.91. The molecule has 0 saturated carbocycles. The minimum Gasteiger partial charge on any atom is -0.493 e. The van der Waals surface area contributed by atoms with Crippen LogP contribution in [0.4, 0.5) is 11.8 Å². The fraction of sp³-hybridized carbons (Fsp3) is 0.435. The van der Waals surface area contributed by atoms with E-state index in [1.807, 2.05) is 11.0 Å². The molecule has 1 amide bonds. The summed E-state index contributed by atoms with van der Waals surface area (Å²) in [5, 5.41) is 0.725. The second-order valence-electron chi connectivity index (χ2n) is 8.27. The van der Waals surface area contributed by atoms with Crippen LogP contribution in [0.25, 0.3) is 10.9 Å². The summed E-state index contributed by atoms with van der Waals surface area (Å²) in [4.78, 5) is 26.3. The lowest BCUT2D eigenvalue weighted by molar-refractivity contribution is -0.128.